The molecule has 1 saturated heterocycles. The summed E-state index contributed by atoms with van der Waals surface area (Å²) in [6.45, 7) is 3.37. The Morgan fingerprint density at radius 2 is 1.89 bits per heavy atom. The molecule has 0 radical (unpaired) electrons. The van der Waals surface area contributed by atoms with Crippen molar-refractivity contribution >= 4 is 17.8 Å². The molecule has 36 heavy (non-hydrogen) atoms. The summed E-state index contributed by atoms with van der Waals surface area (Å²) >= 11 is 0. The molecule has 1 saturated carbocycles. The summed E-state index contributed by atoms with van der Waals surface area (Å²) in [5, 5.41) is 9.98. The van der Waals surface area contributed by atoms with Crippen molar-refractivity contribution in [1.82, 2.24) is 24.8 Å². The summed E-state index contributed by atoms with van der Waals surface area (Å²) in [4.78, 5) is 32.5. The molecule has 4 rings (SSSR count). The number of anilines is 2. The molecule has 0 unspecified atom stereocenters. The highest BCUT2D eigenvalue weighted by Gasteiger charge is 2.60. The first-order valence-corrected chi connectivity index (χ1v) is 11.5. The highest BCUT2D eigenvalue weighted by molar-refractivity contribution is 5.86. The monoisotopic (exact) mass is 511 g/mol. The molecule has 0 bridgehead atoms. The van der Waals surface area contributed by atoms with Gasteiger partial charge in [0.15, 0.2) is 0 Å². The molecule has 1 atom stereocenters. The van der Waals surface area contributed by atoms with E-state index >= 15 is 0 Å². The van der Waals surface area contributed by atoms with Crippen molar-refractivity contribution in [2.24, 2.45) is 0 Å². The van der Waals surface area contributed by atoms with Crippen molar-refractivity contribution in [3.05, 3.63) is 18.5 Å². The number of amides is 1. The minimum absolute atomic E-state index is 0.123. The van der Waals surface area contributed by atoms with Crippen molar-refractivity contribution in [2.75, 3.05) is 44.0 Å². The highest BCUT2D eigenvalue weighted by atomic mass is 19.4. The van der Waals surface area contributed by atoms with Gasteiger partial charge in [-0.2, -0.15) is 18.2 Å². The van der Waals surface area contributed by atoms with Crippen LogP contribution in [0.4, 0.5) is 25.1 Å². The summed E-state index contributed by atoms with van der Waals surface area (Å²) < 4.78 is 51.3. The van der Waals surface area contributed by atoms with Gasteiger partial charge in [-0.05, 0) is 6.42 Å². The van der Waals surface area contributed by atoms with Gasteiger partial charge >= 0.3 is 6.18 Å². The Kier molecular flexibility index (Phi) is 7.18. The van der Waals surface area contributed by atoms with Crippen LogP contribution in [0.1, 0.15) is 26.2 Å². The van der Waals surface area contributed by atoms with E-state index in [2.05, 4.69) is 19.9 Å². The first-order chi connectivity index (χ1) is 17.0. The van der Waals surface area contributed by atoms with Crippen LogP contribution in [0.5, 0.6) is 5.88 Å². The number of carbonyl (C=O) groups is 1. The fourth-order valence-corrected chi connectivity index (χ4v) is 4.05. The van der Waals surface area contributed by atoms with E-state index in [1.807, 2.05) is 4.90 Å². The third-order valence-electron chi connectivity index (χ3n) is 6.51. The Morgan fingerprint density at radius 1 is 1.25 bits per heavy atom. The number of halogens is 3. The maximum atomic E-state index is 13.3. The summed E-state index contributed by atoms with van der Waals surface area (Å²) in [5.74, 6) is -0.541. The smallest absolute Gasteiger partial charge is 0.426 e. The second-order valence-electron chi connectivity index (χ2n) is 8.81. The molecule has 0 aromatic carbocycles. The maximum Gasteiger partial charge on any atom is 0.426 e. The van der Waals surface area contributed by atoms with Crippen LogP contribution in [0, 0.1) is 0 Å². The molecule has 1 aliphatic heterocycles. The van der Waals surface area contributed by atoms with E-state index < -0.39 is 30.1 Å². The molecular weight excluding hydrogens is 483 g/mol. The average Bonchev–Trinajstić information content (AvgIpc) is 2.84. The van der Waals surface area contributed by atoms with Gasteiger partial charge in [0.25, 0.3) is 5.91 Å². The molecule has 196 valence electrons. The molecule has 11 nitrogen and oxygen atoms in total. The summed E-state index contributed by atoms with van der Waals surface area (Å²) in [5.41, 5.74) is 3.29. The van der Waals surface area contributed by atoms with Crippen LogP contribution in [0.25, 0.3) is 11.3 Å². The van der Waals surface area contributed by atoms with Crippen molar-refractivity contribution in [2.45, 2.75) is 50.1 Å². The number of alkyl halides is 3. The summed E-state index contributed by atoms with van der Waals surface area (Å²) in [6, 6.07) is 1.12. The van der Waals surface area contributed by atoms with Crippen molar-refractivity contribution in [3.8, 4) is 17.1 Å². The van der Waals surface area contributed by atoms with Gasteiger partial charge in [0.1, 0.15) is 6.10 Å². The topological polar surface area (TPSA) is 140 Å². The number of aliphatic hydroxyl groups is 1. The molecule has 2 aromatic heterocycles. The van der Waals surface area contributed by atoms with Crippen LogP contribution in [-0.2, 0) is 9.53 Å². The first kappa shape index (κ1) is 25.8. The molecular formula is C22H28F3N7O4. The van der Waals surface area contributed by atoms with E-state index in [-0.39, 0.29) is 30.8 Å². The normalized spacial score (nSPS) is 21.9. The number of nitrogen functional groups attached to an aromatic ring is 1. The van der Waals surface area contributed by atoms with Crippen LogP contribution >= 0.6 is 0 Å². The number of carbonyl (C=O) groups excluding carboxylic acids is 1. The number of likely N-dealkylation sites (N-methyl/N-ethyl adjacent to an activating group) is 1. The molecule has 14 heteroatoms. The van der Waals surface area contributed by atoms with E-state index in [1.54, 1.807) is 6.07 Å². The van der Waals surface area contributed by atoms with E-state index in [4.69, 9.17) is 15.2 Å². The van der Waals surface area contributed by atoms with Gasteiger partial charge in [-0.1, -0.05) is 6.92 Å². The van der Waals surface area contributed by atoms with Crippen LogP contribution in [0.15, 0.2) is 18.5 Å². The minimum atomic E-state index is -5.06. The highest BCUT2D eigenvalue weighted by Crippen LogP contribution is 2.37. The van der Waals surface area contributed by atoms with Gasteiger partial charge in [-0.3, -0.25) is 4.79 Å². The zero-order valence-electron chi connectivity index (χ0n) is 19.9. The Labute approximate surface area is 205 Å². The number of rotatable bonds is 7. The van der Waals surface area contributed by atoms with Crippen LogP contribution in [-0.4, -0.2) is 93.1 Å². The standard InChI is InChI=1S/C22H28F3N7O4/c1-3-21(34,22(23,24)25)18(33)31(2)14-8-15(9-14)36-17-10-16(13-11-27-19(26)28-12-13)29-20(30-17)32-4-6-35-7-5-32/h10-12,14-15,34H,3-9H2,1-2H3,(H2,26,27,28)/t14-,15-,21-/m1/s1. The largest absolute Gasteiger partial charge is 0.474 e. The van der Waals surface area contributed by atoms with Gasteiger partial charge in [-0.15, -0.1) is 0 Å². The van der Waals surface area contributed by atoms with E-state index in [9.17, 15) is 23.1 Å². The number of hydrogen-bond acceptors (Lipinski definition) is 10. The SMILES string of the molecule is CC[C@@](O)(C(=O)N(C)[C@H]1C[C@H](Oc2cc(-c3cnc(N)nc3)nc(N3CCOCC3)n2)C1)C(F)(F)F. The zero-order chi connectivity index (χ0) is 26.1. The lowest BCUT2D eigenvalue weighted by molar-refractivity contribution is -0.258. The number of nitrogens with zero attached hydrogens (tertiary/aromatic N) is 6. The molecule has 3 N–H and O–H groups in total. The third kappa shape index (κ3) is 5.14. The van der Waals surface area contributed by atoms with Crippen molar-refractivity contribution < 1.29 is 32.5 Å². The maximum absolute atomic E-state index is 13.3. The van der Waals surface area contributed by atoms with Crippen LogP contribution in [0.3, 0.4) is 0 Å². The van der Waals surface area contributed by atoms with Gasteiger partial charge in [0, 0.05) is 63.0 Å². The Balaban J connectivity index is 1.48. The molecule has 2 fully saturated rings. The second-order valence-corrected chi connectivity index (χ2v) is 8.81. The van der Waals surface area contributed by atoms with Crippen LogP contribution in [0.2, 0.25) is 0 Å². The third-order valence-corrected chi connectivity index (χ3v) is 6.51. The van der Waals surface area contributed by atoms with E-state index in [0.29, 0.717) is 43.5 Å². The van der Waals surface area contributed by atoms with Crippen molar-refractivity contribution in [3.63, 3.8) is 0 Å². The average molecular weight is 512 g/mol. The fourth-order valence-electron chi connectivity index (χ4n) is 4.05. The predicted octanol–water partition coefficient (Wildman–Crippen LogP) is 1.42. The lowest BCUT2D eigenvalue weighted by Gasteiger charge is -2.43. The van der Waals surface area contributed by atoms with E-state index in [1.165, 1.54) is 19.4 Å². The second kappa shape index (κ2) is 10.0. The number of ether oxygens (including phenoxy) is 2. The summed E-state index contributed by atoms with van der Waals surface area (Å²) in [7, 11) is 1.26. The molecule has 0 spiro atoms. The molecule has 1 aliphatic carbocycles. The molecule has 1 amide bonds. The first-order valence-electron chi connectivity index (χ1n) is 11.5. The van der Waals surface area contributed by atoms with Gasteiger partial charge in [0.05, 0.1) is 18.9 Å². The summed E-state index contributed by atoms with van der Waals surface area (Å²) in [6.07, 6.45) is -2.57. The zero-order valence-corrected chi connectivity index (χ0v) is 19.9. The quantitative estimate of drug-likeness (QED) is 0.561. The fraction of sp³-hybridized carbons (Fsp3) is 0.591. The van der Waals surface area contributed by atoms with Gasteiger partial charge < -0.3 is 30.1 Å². The lowest BCUT2D eigenvalue weighted by atomic mass is 9.86. The Hall–Kier alpha value is -3.26. The Morgan fingerprint density at radius 3 is 2.47 bits per heavy atom. The Bertz CT molecular complexity index is 1080. The number of nitrogens with two attached hydrogens (primary N) is 1. The number of aromatic nitrogens is 4. The number of hydrogen-bond donors (Lipinski definition) is 2. The van der Waals surface area contributed by atoms with Gasteiger partial charge in [0.2, 0.25) is 23.4 Å². The predicted molar refractivity (Wildman–Crippen MR) is 122 cm³/mol. The molecule has 2 aromatic rings. The van der Waals surface area contributed by atoms with Crippen molar-refractivity contribution in [1.29, 1.82) is 0 Å². The minimum Gasteiger partial charge on any atom is -0.474 e. The molecule has 2 aliphatic rings. The number of morpholine rings is 1. The van der Waals surface area contributed by atoms with Gasteiger partial charge in [-0.25, -0.2) is 15.0 Å². The van der Waals surface area contributed by atoms with E-state index in [0.717, 1.165) is 11.8 Å². The van der Waals surface area contributed by atoms with Crippen LogP contribution < -0.4 is 15.4 Å². The molecule has 3 heterocycles. The lowest BCUT2D eigenvalue weighted by Crippen LogP contribution is -2.61.